The predicted molar refractivity (Wildman–Crippen MR) is 80.3 cm³/mol. The molecule has 0 spiro atoms. The van der Waals surface area contributed by atoms with Crippen LogP contribution in [0.5, 0.6) is 0 Å². The van der Waals surface area contributed by atoms with Gasteiger partial charge in [-0.1, -0.05) is 0 Å². The van der Waals surface area contributed by atoms with Crippen LogP contribution < -0.4 is 0 Å². The van der Waals surface area contributed by atoms with Crippen molar-refractivity contribution >= 4 is 17.1 Å². The van der Waals surface area contributed by atoms with Crippen LogP contribution in [0.3, 0.4) is 0 Å². The van der Waals surface area contributed by atoms with Crippen LogP contribution in [0.25, 0.3) is 11.2 Å². The van der Waals surface area contributed by atoms with E-state index in [0.29, 0.717) is 29.6 Å². The molecular weight excluding hydrogens is 321 g/mol. The number of H-pyrrole nitrogens is 1. The van der Waals surface area contributed by atoms with Crippen molar-refractivity contribution in [2.24, 2.45) is 5.92 Å². The Morgan fingerprint density at radius 2 is 1.96 bits per heavy atom. The summed E-state index contributed by atoms with van der Waals surface area (Å²) in [5, 5.41) is 0. The van der Waals surface area contributed by atoms with Gasteiger partial charge in [0.05, 0.1) is 17.4 Å². The molecule has 24 heavy (non-hydrogen) atoms. The molecule has 2 saturated heterocycles. The molecule has 128 valence electrons. The molecule has 2 unspecified atom stereocenters. The maximum Gasteiger partial charge on any atom is 0.389 e. The van der Waals surface area contributed by atoms with Gasteiger partial charge in [-0.15, -0.1) is 0 Å². The van der Waals surface area contributed by atoms with E-state index < -0.39 is 12.6 Å². The fraction of sp³-hybridized carbons (Fsp3) is 0.562. The summed E-state index contributed by atoms with van der Waals surface area (Å²) < 4.78 is 38.0. The first-order chi connectivity index (χ1) is 11.4. The number of hydrogen-bond donors (Lipinski definition) is 1. The molecule has 2 fully saturated rings. The number of nitrogens with zero attached hydrogens (tertiary/aromatic N) is 3. The largest absolute Gasteiger partial charge is 0.389 e. The van der Waals surface area contributed by atoms with Gasteiger partial charge in [-0.3, -0.25) is 4.79 Å². The molecule has 2 atom stereocenters. The summed E-state index contributed by atoms with van der Waals surface area (Å²) in [7, 11) is 0. The highest BCUT2D eigenvalue weighted by Gasteiger charge is 2.46. The Labute approximate surface area is 136 Å². The van der Waals surface area contributed by atoms with Crippen molar-refractivity contribution in [2.45, 2.75) is 50.4 Å². The molecular formula is C16H17F3N4O. The summed E-state index contributed by atoms with van der Waals surface area (Å²) in [6.07, 6.45) is 0.554. The zero-order valence-corrected chi connectivity index (χ0v) is 12.9. The summed E-state index contributed by atoms with van der Waals surface area (Å²) in [4.78, 5) is 25.7. The van der Waals surface area contributed by atoms with Crippen LogP contribution in [0.2, 0.25) is 0 Å². The molecule has 4 heterocycles. The van der Waals surface area contributed by atoms with E-state index >= 15 is 0 Å². The normalized spacial score (nSPS) is 27.0. The summed E-state index contributed by atoms with van der Waals surface area (Å²) in [5.74, 6) is -0.517. The number of amides is 1. The van der Waals surface area contributed by atoms with Crippen molar-refractivity contribution in [3.63, 3.8) is 0 Å². The first kappa shape index (κ1) is 15.4. The number of aromatic amines is 1. The van der Waals surface area contributed by atoms with E-state index in [0.717, 1.165) is 12.8 Å². The molecule has 2 aromatic rings. The fourth-order valence-corrected chi connectivity index (χ4v) is 4.21. The number of alkyl halides is 3. The minimum atomic E-state index is -4.13. The number of rotatable bonds is 2. The molecule has 0 radical (unpaired) electrons. The van der Waals surface area contributed by atoms with E-state index in [1.807, 2.05) is 0 Å². The topological polar surface area (TPSA) is 61.9 Å². The highest BCUT2D eigenvalue weighted by Crippen LogP contribution is 2.43. The van der Waals surface area contributed by atoms with Gasteiger partial charge >= 0.3 is 6.18 Å². The van der Waals surface area contributed by atoms with Gasteiger partial charge < -0.3 is 9.88 Å². The standard InChI is InChI=1S/C16H17F3N4O/c17-16(18,19)6-9-3-11-1-2-12(4-9)23(11)15(24)10-5-13-14(20-7-10)22-8-21-13/h5,7-9,11-12H,1-4,6H2,(H,20,21,22). The second kappa shape index (κ2) is 5.46. The van der Waals surface area contributed by atoms with Gasteiger partial charge in [0, 0.05) is 24.7 Å². The molecule has 2 aliphatic rings. The number of fused-ring (bicyclic) bond motifs is 3. The predicted octanol–water partition coefficient (Wildman–Crippen LogP) is 3.29. The van der Waals surface area contributed by atoms with Crippen molar-refractivity contribution in [2.75, 3.05) is 0 Å². The SMILES string of the molecule is O=C(c1cnc2nc[nH]c2c1)N1C2CCC1CC(CC(F)(F)F)C2. The summed E-state index contributed by atoms with van der Waals surface area (Å²) in [5.41, 5.74) is 1.68. The summed E-state index contributed by atoms with van der Waals surface area (Å²) in [6.45, 7) is 0. The average Bonchev–Trinajstić information content (AvgIpc) is 3.07. The second-order valence-electron chi connectivity index (χ2n) is 6.75. The minimum absolute atomic E-state index is 0.0962. The van der Waals surface area contributed by atoms with E-state index in [1.54, 1.807) is 11.0 Å². The average molecular weight is 338 g/mol. The van der Waals surface area contributed by atoms with Crippen LogP contribution in [-0.2, 0) is 0 Å². The number of halogens is 3. The zero-order chi connectivity index (χ0) is 16.9. The molecule has 0 saturated carbocycles. The monoisotopic (exact) mass is 338 g/mol. The molecule has 2 aromatic heterocycles. The maximum absolute atomic E-state index is 12.8. The molecule has 2 aliphatic heterocycles. The Balaban J connectivity index is 1.53. The van der Waals surface area contributed by atoms with Crippen molar-refractivity contribution < 1.29 is 18.0 Å². The van der Waals surface area contributed by atoms with Gasteiger partial charge in [-0.05, 0) is 37.7 Å². The first-order valence-electron chi connectivity index (χ1n) is 8.09. The number of imidazole rings is 1. The van der Waals surface area contributed by atoms with Gasteiger partial charge in [0.1, 0.15) is 0 Å². The fourth-order valence-electron chi connectivity index (χ4n) is 4.21. The smallest absolute Gasteiger partial charge is 0.343 e. The second-order valence-corrected chi connectivity index (χ2v) is 6.75. The van der Waals surface area contributed by atoms with Crippen LogP contribution in [0.15, 0.2) is 18.6 Å². The lowest BCUT2D eigenvalue weighted by atomic mass is 9.87. The third kappa shape index (κ3) is 2.74. The van der Waals surface area contributed by atoms with Gasteiger partial charge in [0.25, 0.3) is 5.91 Å². The molecule has 1 N–H and O–H groups in total. The van der Waals surface area contributed by atoms with Crippen molar-refractivity contribution in [3.8, 4) is 0 Å². The van der Waals surface area contributed by atoms with Crippen molar-refractivity contribution in [1.82, 2.24) is 19.9 Å². The lowest BCUT2D eigenvalue weighted by Gasteiger charge is -2.39. The first-order valence-corrected chi connectivity index (χ1v) is 8.09. The third-order valence-electron chi connectivity index (χ3n) is 5.11. The van der Waals surface area contributed by atoms with E-state index in [1.165, 1.54) is 12.5 Å². The van der Waals surface area contributed by atoms with Gasteiger partial charge in [0.15, 0.2) is 5.65 Å². The van der Waals surface area contributed by atoms with Crippen molar-refractivity contribution in [1.29, 1.82) is 0 Å². The maximum atomic E-state index is 12.8. The number of hydrogen-bond acceptors (Lipinski definition) is 3. The van der Waals surface area contributed by atoms with Crippen LogP contribution in [0.1, 0.15) is 42.5 Å². The van der Waals surface area contributed by atoms with Crippen LogP contribution in [0.4, 0.5) is 13.2 Å². The summed E-state index contributed by atoms with van der Waals surface area (Å²) in [6, 6.07) is 1.51. The molecule has 5 nitrogen and oxygen atoms in total. The number of piperidine rings is 1. The third-order valence-corrected chi connectivity index (χ3v) is 5.11. The van der Waals surface area contributed by atoms with Crippen molar-refractivity contribution in [3.05, 3.63) is 24.2 Å². The van der Waals surface area contributed by atoms with Gasteiger partial charge in [0.2, 0.25) is 0 Å². The van der Waals surface area contributed by atoms with Crippen LogP contribution in [-0.4, -0.2) is 44.0 Å². The molecule has 8 heteroatoms. The Morgan fingerprint density at radius 1 is 1.25 bits per heavy atom. The lowest BCUT2D eigenvalue weighted by molar-refractivity contribution is -0.148. The minimum Gasteiger partial charge on any atom is -0.343 e. The number of aromatic nitrogens is 3. The Morgan fingerprint density at radius 3 is 2.62 bits per heavy atom. The summed E-state index contributed by atoms with van der Waals surface area (Å²) >= 11 is 0. The quantitative estimate of drug-likeness (QED) is 0.914. The molecule has 2 bridgehead atoms. The van der Waals surface area contributed by atoms with Crippen LogP contribution in [0, 0.1) is 5.92 Å². The van der Waals surface area contributed by atoms with E-state index in [2.05, 4.69) is 15.0 Å². The van der Waals surface area contributed by atoms with E-state index in [4.69, 9.17) is 0 Å². The Bertz CT molecular complexity index is 758. The van der Waals surface area contributed by atoms with E-state index in [9.17, 15) is 18.0 Å². The lowest BCUT2D eigenvalue weighted by Crippen LogP contribution is -2.47. The Hall–Kier alpha value is -2.12. The Kier molecular flexibility index (Phi) is 3.51. The molecule has 0 aromatic carbocycles. The van der Waals surface area contributed by atoms with Gasteiger partial charge in [-0.25, -0.2) is 9.97 Å². The van der Waals surface area contributed by atoms with Crippen LogP contribution >= 0.6 is 0 Å². The number of carbonyl (C=O) groups excluding carboxylic acids is 1. The zero-order valence-electron chi connectivity index (χ0n) is 12.9. The molecule has 1 amide bonds. The number of nitrogens with one attached hydrogen (secondary N) is 1. The molecule has 4 rings (SSSR count). The highest BCUT2D eigenvalue weighted by atomic mass is 19.4. The highest BCUT2D eigenvalue weighted by molar-refractivity contribution is 5.96. The van der Waals surface area contributed by atoms with E-state index in [-0.39, 0.29) is 23.9 Å². The molecule has 0 aliphatic carbocycles. The van der Waals surface area contributed by atoms with Gasteiger partial charge in [-0.2, -0.15) is 13.2 Å². The number of pyridine rings is 1. The number of carbonyl (C=O) groups is 1.